The van der Waals surface area contributed by atoms with Crippen molar-refractivity contribution < 1.29 is 4.79 Å². The first kappa shape index (κ1) is 17.0. The number of amides is 1. The Morgan fingerprint density at radius 3 is 3.00 bits per heavy atom. The van der Waals surface area contributed by atoms with E-state index in [1.165, 1.54) is 5.56 Å². The van der Waals surface area contributed by atoms with E-state index in [4.69, 9.17) is 11.6 Å². The molecule has 6 heteroatoms. The van der Waals surface area contributed by atoms with Crippen LogP contribution < -0.4 is 5.32 Å². The van der Waals surface area contributed by atoms with Gasteiger partial charge in [0.15, 0.2) is 0 Å². The zero-order chi connectivity index (χ0) is 16.9. The van der Waals surface area contributed by atoms with Crippen molar-refractivity contribution in [3.63, 3.8) is 0 Å². The summed E-state index contributed by atoms with van der Waals surface area (Å²) in [6.45, 7) is 5.20. The van der Waals surface area contributed by atoms with E-state index in [1.54, 1.807) is 0 Å². The molecular formula is C18H23ClN4O. The van der Waals surface area contributed by atoms with Gasteiger partial charge in [0.05, 0.1) is 6.20 Å². The Labute approximate surface area is 147 Å². The number of nitrogens with one attached hydrogen (secondary N) is 1. The molecule has 24 heavy (non-hydrogen) atoms. The fourth-order valence-corrected chi connectivity index (χ4v) is 3.23. The quantitative estimate of drug-likeness (QED) is 0.838. The summed E-state index contributed by atoms with van der Waals surface area (Å²) in [4.78, 5) is 14.1. The second-order valence-electron chi connectivity index (χ2n) is 6.21. The molecule has 1 aliphatic rings. The van der Waals surface area contributed by atoms with Gasteiger partial charge in [-0.1, -0.05) is 23.7 Å². The van der Waals surface area contributed by atoms with Crippen molar-refractivity contribution in [1.29, 1.82) is 0 Å². The Kier molecular flexibility index (Phi) is 5.53. The molecule has 0 bridgehead atoms. The lowest BCUT2D eigenvalue weighted by Crippen LogP contribution is -2.33. The largest absolute Gasteiger partial charge is 0.341 e. The molecule has 1 amide bonds. The Balaban J connectivity index is 1.46. The Bertz CT molecular complexity index is 700. The van der Waals surface area contributed by atoms with E-state index in [9.17, 15) is 4.79 Å². The highest BCUT2D eigenvalue weighted by molar-refractivity contribution is 6.30. The van der Waals surface area contributed by atoms with Crippen molar-refractivity contribution in [2.45, 2.75) is 38.9 Å². The van der Waals surface area contributed by atoms with Gasteiger partial charge in [0.1, 0.15) is 0 Å². The third-order valence-corrected chi connectivity index (χ3v) is 4.61. The van der Waals surface area contributed by atoms with E-state index < -0.39 is 0 Å². The molecule has 128 valence electrons. The number of nitrogens with zero attached hydrogens (tertiary/aromatic N) is 3. The van der Waals surface area contributed by atoms with Crippen LogP contribution in [0.25, 0.3) is 0 Å². The lowest BCUT2D eigenvalue weighted by atomic mass is 10.1. The number of likely N-dealkylation sites (tertiary alicyclic amines) is 1. The maximum absolute atomic E-state index is 12.2. The van der Waals surface area contributed by atoms with E-state index in [2.05, 4.69) is 17.3 Å². The zero-order valence-electron chi connectivity index (χ0n) is 13.9. The van der Waals surface area contributed by atoms with Gasteiger partial charge in [0.25, 0.3) is 0 Å². The molecule has 0 saturated carbocycles. The molecule has 0 spiro atoms. The number of halogens is 1. The van der Waals surface area contributed by atoms with Crippen LogP contribution in [-0.2, 0) is 24.3 Å². The minimum atomic E-state index is 0.210. The number of hydrogen-bond acceptors (Lipinski definition) is 3. The molecule has 5 nitrogen and oxygen atoms in total. The highest BCUT2D eigenvalue weighted by atomic mass is 35.5. The van der Waals surface area contributed by atoms with Crippen molar-refractivity contribution in [3.8, 4) is 0 Å². The summed E-state index contributed by atoms with van der Waals surface area (Å²) in [7, 11) is 0. The molecule has 0 unspecified atom stereocenters. The lowest BCUT2D eigenvalue weighted by molar-refractivity contribution is -0.127. The van der Waals surface area contributed by atoms with Gasteiger partial charge in [-0.3, -0.25) is 9.48 Å². The summed E-state index contributed by atoms with van der Waals surface area (Å²) in [5, 5.41) is 8.48. The standard InChI is InChI=1S/C18H23ClN4O/c1-2-23-12-15(11-21-23)10-20-17-9-18(24)22(13-17)7-6-14-4-3-5-16(19)8-14/h3-5,8,11-12,17,20H,2,6-7,9-10,13H2,1H3/t17-/m0/s1. The van der Waals surface area contributed by atoms with Crippen molar-refractivity contribution in [2.75, 3.05) is 13.1 Å². The fraction of sp³-hybridized carbons (Fsp3) is 0.444. The van der Waals surface area contributed by atoms with Crippen molar-refractivity contribution in [2.24, 2.45) is 0 Å². The summed E-state index contributed by atoms with van der Waals surface area (Å²) in [6, 6.07) is 8.04. The predicted octanol–water partition coefficient (Wildman–Crippen LogP) is 2.49. The number of carbonyl (C=O) groups excluding carboxylic acids is 1. The van der Waals surface area contributed by atoms with E-state index in [0.717, 1.165) is 43.2 Å². The highest BCUT2D eigenvalue weighted by Gasteiger charge is 2.28. The minimum Gasteiger partial charge on any atom is -0.341 e. The average molecular weight is 347 g/mol. The molecule has 0 radical (unpaired) electrons. The van der Waals surface area contributed by atoms with Crippen LogP contribution in [-0.4, -0.2) is 39.7 Å². The van der Waals surface area contributed by atoms with Crippen LogP contribution in [0.2, 0.25) is 5.02 Å². The topological polar surface area (TPSA) is 50.2 Å². The number of benzene rings is 1. The SMILES string of the molecule is CCn1cc(CN[C@H]2CC(=O)N(CCc3cccc(Cl)c3)C2)cn1. The van der Waals surface area contributed by atoms with Crippen LogP contribution in [0, 0.1) is 0 Å². The third-order valence-electron chi connectivity index (χ3n) is 4.38. The molecule has 1 aromatic heterocycles. The Morgan fingerprint density at radius 2 is 2.25 bits per heavy atom. The molecule has 1 fully saturated rings. The van der Waals surface area contributed by atoms with Gasteiger partial charge in [-0.05, 0) is 31.0 Å². The van der Waals surface area contributed by atoms with Gasteiger partial charge in [-0.2, -0.15) is 5.10 Å². The average Bonchev–Trinajstić information content (AvgIpc) is 3.17. The molecule has 1 N–H and O–H groups in total. The first-order valence-corrected chi connectivity index (χ1v) is 8.78. The van der Waals surface area contributed by atoms with Gasteiger partial charge >= 0.3 is 0 Å². The molecule has 1 saturated heterocycles. The lowest BCUT2D eigenvalue weighted by Gasteiger charge is -2.17. The molecule has 1 aliphatic heterocycles. The predicted molar refractivity (Wildman–Crippen MR) is 94.9 cm³/mol. The smallest absolute Gasteiger partial charge is 0.224 e. The van der Waals surface area contributed by atoms with Crippen molar-refractivity contribution >= 4 is 17.5 Å². The summed E-state index contributed by atoms with van der Waals surface area (Å²) >= 11 is 6.01. The maximum atomic E-state index is 12.2. The van der Waals surface area contributed by atoms with Gasteiger partial charge in [-0.25, -0.2) is 0 Å². The van der Waals surface area contributed by atoms with E-state index in [-0.39, 0.29) is 11.9 Å². The zero-order valence-corrected chi connectivity index (χ0v) is 14.7. The van der Waals surface area contributed by atoms with Gasteiger partial charge in [0.2, 0.25) is 5.91 Å². The molecule has 2 aromatic rings. The molecule has 1 aromatic carbocycles. The number of aromatic nitrogens is 2. The molecular weight excluding hydrogens is 324 g/mol. The van der Waals surface area contributed by atoms with Crippen LogP contribution in [0.4, 0.5) is 0 Å². The Hall–Kier alpha value is -1.85. The number of rotatable bonds is 7. The third kappa shape index (κ3) is 4.36. The summed E-state index contributed by atoms with van der Waals surface area (Å²) in [5.74, 6) is 0.221. The van der Waals surface area contributed by atoms with Gasteiger partial charge in [0, 0.05) is 55.4 Å². The van der Waals surface area contributed by atoms with Crippen LogP contribution in [0.1, 0.15) is 24.5 Å². The molecule has 3 rings (SSSR count). The van der Waals surface area contributed by atoms with Crippen LogP contribution in [0.3, 0.4) is 0 Å². The van der Waals surface area contributed by atoms with Gasteiger partial charge in [-0.15, -0.1) is 0 Å². The van der Waals surface area contributed by atoms with Crippen LogP contribution in [0.15, 0.2) is 36.7 Å². The van der Waals surface area contributed by atoms with E-state index >= 15 is 0 Å². The van der Waals surface area contributed by atoms with E-state index in [1.807, 2.05) is 46.2 Å². The maximum Gasteiger partial charge on any atom is 0.224 e. The van der Waals surface area contributed by atoms with Gasteiger partial charge < -0.3 is 10.2 Å². The molecule has 1 atom stereocenters. The second-order valence-corrected chi connectivity index (χ2v) is 6.64. The summed E-state index contributed by atoms with van der Waals surface area (Å²) in [5.41, 5.74) is 2.32. The summed E-state index contributed by atoms with van der Waals surface area (Å²) < 4.78 is 1.91. The fourth-order valence-electron chi connectivity index (χ4n) is 3.01. The number of hydrogen-bond donors (Lipinski definition) is 1. The minimum absolute atomic E-state index is 0.210. The Morgan fingerprint density at radius 1 is 1.38 bits per heavy atom. The second kappa shape index (κ2) is 7.81. The molecule has 0 aliphatic carbocycles. The van der Waals surface area contributed by atoms with Crippen LogP contribution in [0.5, 0.6) is 0 Å². The molecule has 2 heterocycles. The highest BCUT2D eigenvalue weighted by Crippen LogP contribution is 2.15. The monoisotopic (exact) mass is 346 g/mol. The normalized spacial score (nSPS) is 17.7. The van der Waals surface area contributed by atoms with Crippen LogP contribution >= 0.6 is 11.6 Å². The first-order chi connectivity index (χ1) is 11.6. The van der Waals surface area contributed by atoms with Crippen molar-refractivity contribution in [3.05, 3.63) is 52.8 Å². The van der Waals surface area contributed by atoms with Crippen molar-refractivity contribution in [1.82, 2.24) is 20.0 Å². The first-order valence-electron chi connectivity index (χ1n) is 8.41. The van der Waals surface area contributed by atoms with E-state index in [0.29, 0.717) is 6.42 Å². The number of aryl methyl sites for hydroxylation is 1. The number of carbonyl (C=O) groups is 1. The summed E-state index contributed by atoms with van der Waals surface area (Å²) in [6.07, 6.45) is 5.32.